The molecule has 2 saturated heterocycles. The van der Waals surface area contributed by atoms with Crippen molar-refractivity contribution in [1.29, 1.82) is 0 Å². The lowest BCUT2D eigenvalue weighted by atomic mass is 9.71. The van der Waals surface area contributed by atoms with Gasteiger partial charge in [0.2, 0.25) is 11.8 Å². The molecule has 7 nitrogen and oxygen atoms in total. The number of pyridine rings is 1. The molecule has 2 aliphatic heterocycles. The fraction of sp³-hybridized carbons (Fsp3) is 0.519. The van der Waals surface area contributed by atoms with E-state index in [0.29, 0.717) is 18.2 Å². The Morgan fingerprint density at radius 3 is 2.27 bits per heavy atom. The largest absolute Gasteiger partial charge is 0.481 e. The minimum Gasteiger partial charge on any atom is -0.481 e. The predicted molar refractivity (Wildman–Crippen MR) is 131 cm³/mol. The van der Waals surface area contributed by atoms with Crippen molar-refractivity contribution in [2.75, 3.05) is 25.5 Å². The summed E-state index contributed by atoms with van der Waals surface area (Å²) in [6, 6.07) is 8.99. The number of fused-ring (bicyclic) bond motifs is 1. The number of nitrogens with one attached hydrogen (secondary N) is 2. The Morgan fingerprint density at radius 1 is 1.03 bits per heavy atom. The Labute approximate surface area is 213 Å². The molecular weight excluding hydrogens is 485 g/mol. The molecule has 0 unspecified atom stereocenters. The van der Waals surface area contributed by atoms with E-state index in [0.717, 1.165) is 69.7 Å². The number of hydrogen-bond acceptors (Lipinski definition) is 5. The van der Waals surface area contributed by atoms with Crippen LogP contribution in [0.4, 0.5) is 18.9 Å². The molecule has 0 radical (unpaired) electrons. The summed E-state index contributed by atoms with van der Waals surface area (Å²) in [6.07, 6.45) is 2.98. The summed E-state index contributed by atoms with van der Waals surface area (Å²) in [4.78, 5) is 31.7. The molecule has 3 fully saturated rings. The van der Waals surface area contributed by atoms with Crippen molar-refractivity contribution in [2.45, 2.75) is 68.6 Å². The number of nitrogens with zero attached hydrogens (tertiary/aromatic N) is 2. The smallest absolute Gasteiger partial charge is 0.433 e. The van der Waals surface area contributed by atoms with E-state index in [4.69, 9.17) is 4.74 Å². The highest BCUT2D eigenvalue weighted by molar-refractivity contribution is 6.04. The number of ether oxygens (including phenoxy) is 1. The molecule has 37 heavy (non-hydrogen) atoms. The average molecular weight is 517 g/mol. The molecule has 2 N–H and O–H groups in total. The quantitative estimate of drug-likeness (QED) is 0.549. The molecule has 5 rings (SSSR count). The van der Waals surface area contributed by atoms with Gasteiger partial charge in [0, 0.05) is 29.3 Å². The number of aromatic nitrogens is 1. The summed E-state index contributed by atoms with van der Waals surface area (Å²) in [5.41, 5.74) is -0.415. The Balaban J connectivity index is 1.26. The van der Waals surface area contributed by atoms with Gasteiger partial charge in [-0.25, -0.2) is 4.98 Å². The average Bonchev–Trinajstić information content (AvgIpc) is 3.40. The molecule has 2 amide bonds. The number of carbonyl (C=O) groups excluding carboxylic acids is 2. The summed E-state index contributed by atoms with van der Waals surface area (Å²) in [7, 11) is 1.19. The van der Waals surface area contributed by atoms with E-state index >= 15 is 0 Å². The van der Waals surface area contributed by atoms with E-state index in [1.807, 2.05) is 12.1 Å². The third kappa shape index (κ3) is 5.03. The van der Waals surface area contributed by atoms with E-state index in [2.05, 4.69) is 20.5 Å². The monoisotopic (exact) mass is 516 g/mol. The Morgan fingerprint density at radius 2 is 1.70 bits per heavy atom. The van der Waals surface area contributed by atoms with Gasteiger partial charge in [-0.3, -0.25) is 14.5 Å². The van der Waals surface area contributed by atoms with Gasteiger partial charge in [0.05, 0.1) is 12.6 Å². The lowest BCUT2D eigenvalue weighted by Crippen LogP contribution is -2.53. The standard InChI is InChI=1S/C27H31F3N4O3/c1-37-23-16-18(15-21(32-23)27(28,29)30)24(36)31-20-7-5-19(6-8-20)26(11-2-12-26)33-22(35)17-25-9-3-13-34(25)14-4-10-25/h5-8,15-16H,2-4,9-14,17H2,1H3,(H,31,36)(H,33,35). The first-order valence-electron chi connectivity index (χ1n) is 12.7. The maximum Gasteiger partial charge on any atom is 0.433 e. The third-order valence-electron chi connectivity index (χ3n) is 8.15. The number of rotatable bonds is 7. The number of alkyl halides is 3. The molecule has 1 aromatic carbocycles. The molecule has 3 heterocycles. The molecular formula is C27H31F3N4O3. The van der Waals surface area contributed by atoms with Gasteiger partial charge in [-0.05, 0) is 81.8 Å². The van der Waals surface area contributed by atoms with Gasteiger partial charge < -0.3 is 15.4 Å². The van der Waals surface area contributed by atoms with Crippen molar-refractivity contribution in [3.63, 3.8) is 0 Å². The van der Waals surface area contributed by atoms with E-state index in [1.165, 1.54) is 7.11 Å². The van der Waals surface area contributed by atoms with Crippen LogP contribution in [-0.4, -0.2) is 47.4 Å². The zero-order valence-corrected chi connectivity index (χ0v) is 20.8. The summed E-state index contributed by atoms with van der Waals surface area (Å²) in [6.45, 7) is 2.16. The molecule has 0 atom stereocenters. The zero-order valence-electron chi connectivity index (χ0n) is 20.8. The molecule has 1 aromatic heterocycles. The summed E-state index contributed by atoms with van der Waals surface area (Å²) in [5, 5.41) is 5.95. The second-order valence-electron chi connectivity index (χ2n) is 10.4. The Hall–Kier alpha value is -3.14. The molecule has 0 spiro atoms. The number of hydrogen-bond donors (Lipinski definition) is 2. The van der Waals surface area contributed by atoms with E-state index in [-0.39, 0.29) is 22.9 Å². The molecule has 1 aliphatic carbocycles. The first kappa shape index (κ1) is 25.5. The molecule has 0 bridgehead atoms. The highest BCUT2D eigenvalue weighted by Crippen LogP contribution is 2.44. The van der Waals surface area contributed by atoms with Crippen LogP contribution >= 0.6 is 0 Å². The van der Waals surface area contributed by atoms with Crippen LogP contribution in [0, 0.1) is 0 Å². The van der Waals surface area contributed by atoms with Crippen molar-refractivity contribution in [1.82, 2.24) is 15.2 Å². The van der Waals surface area contributed by atoms with Gasteiger partial charge in [0.15, 0.2) is 0 Å². The first-order chi connectivity index (χ1) is 17.6. The minimum absolute atomic E-state index is 0.0186. The van der Waals surface area contributed by atoms with Crippen LogP contribution in [0.5, 0.6) is 5.88 Å². The normalized spacial score (nSPS) is 20.1. The Kier molecular flexibility index (Phi) is 6.64. The van der Waals surface area contributed by atoms with Crippen molar-refractivity contribution >= 4 is 17.5 Å². The predicted octanol–water partition coefficient (Wildman–Crippen LogP) is 4.88. The maximum absolute atomic E-state index is 13.2. The molecule has 10 heteroatoms. The van der Waals surface area contributed by atoms with Gasteiger partial charge in [-0.1, -0.05) is 12.1 Å². The molecule has 3 aliphatic rings. The third-order valence-corrected chi connectivity index (χ3v) is 8.15. The number of carbonyl (C=O) groups is 2. The number of anilines is 1. The molecule has 198 valence electrons. The van der Waals surface area contributed by atoms with Gasteiger partial charge >= 0.3 is 6.18 Å². The number of methoxy groups -OCH3 is 1. The van der Waals surface area contributed by atoms with E-state index in [9.17, 15) is 22.8 Å². The zero-order chi connectivity index (χ0) is 26.3. The van der Waals surface area contributed by atoms with Gasteiger partial charge in [-0.15, -0.1) is 0 Å². The second-order valence-corrected chi connectivity index (χ2v) is 10.4. The SMILES string of the molecule is COc1cc(C(=O)Nc2ccc(C3(NC(=O)CC45CCCN4CCC5)CCC3)cc2)cc(C(F)(F)F)n1. The summed E-state index contributed by atoms with van der Waals surface area (Å²) in [5.74, 6) is -0.920. The van der Waals surface area contributed by atoms with Crippen LogP contribution in [-0.2, 0) is 16.5 Å². The van der Waals surface area contributed by atoms with Crippen LogP contribution < -0.4 is 15.4 Å². The van der Waals surface area contributed by atoms with E-state index in [1.54, 1.807) is 12.1 Å². The number of halogens is 3. The van der Waals surface area contributed by atoms with E-state index < -0.39 is 23.3 Å². The van der Waals surface area contributed by atoms with Gasteiger partial charge in [0.25, 0.3) is 5.91 Å². The highest BCUT2D eigenvalue weighted by Gasteiger charge is 2.47. The lowest BCUT2D eigenvalue weighted by molar-refractivity contribution is -0.141. The number of benzene rings is 1. The Bertz CT molecular complexity index is 1170. The molecule has 2 aromatic rings. The molecule has 1 saturated carbocycles. The number of amides is 2. The lowest BCUT2D eigenvalue weighted by Gasteiger charge is -2.44. The second kappa shape index (κ2) is 9.63. The highest BCUT2D eigenvalue weighted by atomic mass is 19.4. The first-order valence-corrected chi connectivity index (χ1v) is 12.7. The van der Waals surface area contributed by atoms with Crippen molar-refractivity contribution in [2.24, 2.45) is 0 Å². The fourth-order valence-electron chi connectivity index (χ4n) is 6.10. The van der Waals surface area contributed by atoms with Gasteiger partial charge in [0.1, 0.15) is 5.69 Å². The van der Waals surface area contributed by atoms with Crippen molar-refractivity contribution in [3.05, 3.63) is 53.2 Å². The van der Waals surface area contributed by atoms with Crippen LogP contribution in [0.25, 0.3) is 0 Å². The van der Waals surface area contributed by atoms with Crippen LogP contribution in [0.15, 0.2) is 36.4 Å². The fourth-order valence-corrected chi connectivity index (χ4v) is 6.10. The maximum atomic E-state index is 13.2. The van der Waals surface area contributed by atoms with Crippen LogP contribution in [0.3, 0.4) is 0 Å². The van der Waals surface area contributed by atoms with Gasteiger partial charge in [-0.2, -0.15) is 13.2 Å². The summed E-state index contributed by atoms with van der Waals surface area (Å²) >= 11 is 0. The van der Waals surface area contributed by atoms with Crippen molar-refractivity contribution < 1.29 is 27.5 Å². The topological polar surface area (TPSA) is 83.6 Å². The van der Waals surface area contributed by atoms with Crippen LogP contribution in [0.2, 0.25) is 0 Å². The van der Waals surface area contributed by atoms with Crippen LogP contribution in [0.1, 0.15) is 73.0 Å². The van der Waals surface area contributed by atoms with Crippen molar-refractivity contribution in [3.8, 4) is 5.88 Å². The summed E-state index contributed by atoms with van der Waals surface area (Å²) < 4.78 is 44.3. The minimum atomic E-state index is -4.71.